The van der Waals surface area contributed by atoms with E-state index >= 15 is 0 Å². The highest BCUT2D eigenvalue weighted by molar-refractivity contribution is 5.99. The lowest BCUT2D eigenvalue weighted by atomic mass is 9.85. The summed E-state index contributed by atoms with van der Waals surface area (Å²) in [5.41, 5.74) is 1.74. The maximum absolute atomic E-state index is 13.4. The largest absolute Gasteiger partial charge is 0.468 e. The molecule has 0 aromatic heterocycles. The van der Waals surface area contributed by atoms with Crippen LogP contribution >= 0.6 is 0 Å². The van der Waals surface area contributed by atoms with Gasteiger partial charge in [0.05, 0.1) is 12.8 Å². The van der Waals surface area contributed by atoms with Crippen molar-refractivity contribution in [3.8, 4) is 11.1 Å². The number of likely N-dealkylation sites (tertiary alicyclic amines) is 2. The first kappa shape index (κ1) is 20.9. The van der Waals surface area contributed by atoms with Gasteiger partial charge in [-0.05, 0) is 37.3 Å². The average molecular weight is 421 g/mol. The first-order chi connectivity index (χ1) is 15.0. The molecule has 7 nitrogen and oxygen atoms in total. The number of hydrogen-bond acceptors (Lipinski definition) is 4. The Morgan fingerprint density at radius 1 is 1.00 bits per heavy atom. The van der Waals surface area contributed by atoms with E-state index in [4.69, 9.17) is 4.74 Å². The van der Waals surface area contributed by atoms with E-state index in [0.29, 0.717) is 31.6 Å². The fraction of sp³-hybridized carbons (Fsp3) is 0.375. The number of rotatable bonds is 4. The Morgan fingerprint density at radius 2 is 1.68 bits per heavy atom. The highest BCUT2D eigenvalue weighted by atomic mass is 16.5. The van der Waals surface area contributed by atoms with Gasteiger partial charge in [0.15, 0.2) is 0 Å². The highest BCUT2D eigenvalue weighted by Gasteiger charge is 2.53. The topological polar surface area (TPSA) is 79.0 Å². The van der Waals surface area contributed by atoms with E-state index in [1.165, 1.54) is 12.0 Å². The Morgan fingerprint density at radius 3 is 2.42 bits per heavy atom. The van der Waals surface area contributed by atoms with E-state index in [9.17, 15) is 14.4 Å². The van der Waals surface area contributed by atoms with Crippen LogP contribution in [0.25, 0.3) is 11.1 Å². The minimum atomic E-state index is -0.891. The van der Waals surface area contributed by atoms with E-state index in [1.807, 2.05) is 54.6 Å². The van der Waals surface area contributed by atoms with Crippen molar-refractivity contribution >= 4 is 23.6 Å². The van der Waals surface area contributed by atoms with Crippen LogP contribution in [0.2, 0.25) is 0 Å². The van der Waals surface area contributed by atoms with Crippen molar-refractivity contribution < 1.29 is 19.1 Å². The molecule has 3 amide bonds. The number of ether oxygens (including phenoxy) is 1. The fourth-order valence-electron chi connectivity index (χ4n) is 4.74. The number of amides is 3. The van der Waals surface area contributed by atoms with Crippen LogP contribution in [0.4, 0.5) is 10.5 Å². The molecule has 2 fully saturated rings. The molecule has 0 radical (unpaired) electrons. The molecule has 2 heterocycles. The molecule has 1 spiro atoms. The quantitative estimate of drug-likeness (QED) is 0.767. The number of esters is 1. The number of anilines is 1. The standard InChI is InChI=1S/C24H27N3O4/c1-31-21(28)17-26-15-7-13-24(22(26)29)14-8-16-27(24)23(30)25-20-12-6-5-11-19(20)18-9-3-2-4-10-18/h2-6,9-12H,7-8,13-17H2,1H3,(H,25,30). The average Bonchev–Trinajstić information content (AvgIpc) is 3.22. The summed E-state index contributed by atoms with van der Waals surface area (Å²) in [5, 5.41) is 3.03. The zero-order valence-corrected chi connectivity index (χ0v) is 17.7. The number of piperidine rings is 1. The van der Waals surface area contributed by atoms with Gasteiger partial charge in [0.25, 0.3) is 0 Å². The normalized spacial score (nSPS) is 20.7. The number of methoxy groups -OCH3 is 1. The van der Waals surface area contributed by atoms with Crippen molar-refractivity contribution in [2.24, 2.45) is 0 Å². The predicted octanol–water partition coefficient (Wildman–Crippen LogP) is 3.52. The molecule has 7 heteroatoms. The molecule has 0 saturated carbocycles. The molecule has 2 aromatic carbocycles. The lowest BCUT2D eigenvalue weighted by Gasteiger charge is -2.44. The summed E-state index contributed by atoms with van der Waals surface area (Å²) in [6, 6.07) is 17.2. The predicted molar refractivity (Wildman–Crippen MR) is 117 cm³/mol. The van der Waals surface area contributed by atoms with E-state index in [1.54, 1.807) is 4.90 Å². The molecular weight excluding hydrogens is 394 g/mol. The SMILES string of the molecule is COC(=O)CN1CCCC2(CCCN2C(=O)Nc2ccccc2-c2ccccc2)C1=O. The second-order valence-electron chi connectivity index (χ2n) is 8.03. The van der Waals surface area contributed by atoms with Gasteiger partial charge in [0, 0.05) is 18.7 Å². The molecule has 2 aliphatic rings. The molecule has 0 aliphatic carbocycles. The van der Waals surface area contributed by atoms with E-state index in [-0.39, 0.29) is 18.5 Å². The van der Waals surface area contributed by atoms with Gasteiger partial charge in [-0.15, -0.1) is 0 Å². The van der Waals surface area contributed by atoms with Crippen LogP contribution in [0.15, 0.2) is 54.6 Å². The summed E-state index contributed by atoms with van der Waals surface area (Å²) in [7, 11) is 1.31. The van der Waals surface area contributed by atoms with Gasteiger partial charge < -0.3 is 19.9 Å². The van der Waals surface area contributed by atoms with Gasteiger partial charge in [0.1, 0.15) is 12.1 Å². The van der Waals surface area contributed by atoms with Crippen molar-refractivity contribution in [2.45, 2.75) is 31.2 Å². The number of nitrogens with one attached hydrogen (secondary N) is 1. The molecule has 2 aromatic rings. The molecule has 2 saturated heterocycles. The van der Waals surface area contributed by atoms with Gasteiger partial charge >= 0.3 is 12.0 Å². The molecule has 4 rings (SSSR count). The molecule has 1 atom stereocenters. The number of nitrogens with zero attached hydrogens (tertiary/aromatic N) is 2. The molecule has 162 valence electrons. The first-order valence-corrected chi connectivity index (χ1v) is 10.6. The maximum Gasteiger partial charge on any atom is 0.325 e. The summed E-state index contributed by atoms with van der Waals surface area (Å²) in [6.07, 6.45) is 2.72. The summed E-state index contributed by atoms with van der Waals surface area (Å²) in [5.74, 6) is -0.607. The van der Waals surface area contributed by atoms with Crippen molar-refractivity contribution in [2.75, 3.05) is 32.1 Å². The number of carbonyl (C=O) groups excluding carboxylic acids is 3. The summed E-state index contributed by atoms with van der Waals surface area (Å²) < 4.78 is 4.74. The van der Waals surface area contributed by atoms with Gasteiger partial charge in [-0.25, -0.2) is 4.79 Å². The van der Waals surface area contributed by atoms with Crippen LogP contribution in [0, 0.1) is 0 Å². The molecule has 0 bridgehead atoms. The van der Waals surface area contributed by atoms with E-state index < -0.39 is 11.5 Å². The number of carbonyl (C=O) groups is 3. The van der Waals surface area contributed by atoms with Crippen LogP contribution in [-0.2, 0) is 14.3 Å². The monoisotopic (exact) mass is 421 g/mol. The Bertz CT molecular complexity index is 978. The number of hydrogen-bond donors (Lipinski definition) is 1. The summed E-state index contributed by atoms with van der Waals surface area (Å²) in [6.45, 7) is 0.933. The van der Waals surface area contributed by atoms with Gasteiger partial charge in [-0.3, -0.25) is 9.59 Å². The van der Waals surface area contributed by atoms with Crippen LogP contribution in [-0.4, -0.2) is 60.0 Å². The minimum absolute atomic E-state index is 0.0800. The van der Waals surface area contributed by atoms with Crippen molar-refractivity contribution in [1.29, 1.82) is 0 Å². The lowest BCUT2D eigenvalue weighted by molar-refractivity contribution is -0.153. The summed E-state index contributed by atoms with van der Waals surface area (Å²) in [4.78, 5) is 41.7. The maximum atomic E-state index is 13.4. The second-order valence-corrected chi connectivity index (χ2v) is 8.03. The fourth-order valence-corrected chi connectivity index (χ4v) is 4.74. The van der Waals surface area contributed by atoms with Crippen LogP contribution in [0.5, 0.6) is 0 Å². The number of para-hydroxylation sites is 1. The van der Waals surface area contributed by atoms with E-state index in [2.05, 4.69) is 5.32 Å². The molecule has 1 N–H and O–H groups in total. The zero-order chi connectivity index (χ0) is 21.8. The van der Waals surface area contributed by atoms with Crippen LogP contribution in [0.3, 0.4) is 0 Å². The van der Waals surface area contributed by atoms with Gasteiger partial charge in [0.2, 0.25) is 5.91 Å². The third-order valence-corrected chi connectivity index (χ3v) is 6.24. The van der Waals surface area contributed by atoms with Gasteiger partial charge in [-0.2, -0.15) is 0 Å². The van der Waals surface area contributed by atoms with Crippen LogP contribution in [0.1, 0.15) is 25.7 Å². The Kier molecular flexibility index (Phi) is 5.93. The van der Waals surface area contributed by atoms with Crippen molar-refractivity contribution in [3.63, 3.8) is 0 Å². The summed E-state index contributed by atoms with van der Waals surface area (Å²) >= 11 is 0. The first-order valence-electron chi connectivity index (χ1n) is 10.6. The third kappa shape index (κ3) is 4.00. The molecule has 31 heavy (non-hydrogen) atoms. The molecule has 2 aliphatic heterocycles. The Labute approximate surface area is 182 Å². The smallest absolute Gasteiger partial charge is 0.325 e. The highest BCUT2D eigenvalue weighted by Crippen LogP contribution is 2.39. The van der Waals surface area contributed by atoms with Crippen molar-refractivity contribution in [1.82, 2.24) is 9.80 Å². The minimum Gasteiger partial charge on any atom is -0.468 e. The Balaban J connectivity index is 1.57. The number of urea groups is 1. The van der Waals surface area contributed by atoms with E-state index in [0.717, 1.165) is 24.0 Å². The van der Waals surface area contributed by atoms with Gasteiger partial charge in [-0.1, -0.05) is 48.5 Å². The third-order valence-electron chi connectivity index (χ3n) is 6.24. The second kappa shape index (κ2) is 8.79. The molecule has 1 unspecified atom stereocenters. The molecular formula is C24H27N3O4. The Hall–Kier alpha value is -3.35. The lowest BCUT2D eigenvalue weighted by Crippen LogP contribution is -2.62. The zero-order valence-electron chi connectivity index (χ0n) is 17.7. The van der Waals surface area contributed by atoms with Crippen LogP contribution < -0.4 is 5.32 Å². The number of benzene rings is 2. The van der Waals surface area contributed by atoms with Crippen molar-refractivity contribution in [3.05, 3.63) is 54.6 Å².